The summed E-state index contributed by atoms with van der Waals surface area (Å²) in [6.07, 6.45) is -2.64. The predicted octanol–water partition coefficient (Wildman–Crippen LogP) is 1.54. The number of aromatic amines is 1. The Bertz CT molecular complexity index is 2610. The lowest BCUT2D eigenvalue weighted by Crippen LogP contribution is -2.60. The summed E-state index contributed by atoms with van der Waals surface area (Å²) in [4.78, 5) is 119. The van der Waals surface area contributed by atoms with E-state index < -0.39 is 108 Å². The minimum Gasteiger partial charge on any atom is -0.370 e. The van der Waals surface area contributed by atoms with Crippen LogP contribution in [0.15, 0.2) is 90.1 Å². The molecule has 2 unspecified atom stereocenters. The second-order valence-corrected chi connectivity index (χ2v) is 18.1. The molecule has 2 heterocycles. The van der Waals surface area contributed by atoms with Crippen molar-refractivity contribution in [1.82, 2.24) is 42.2 Å². The number of nitrogens with zero attached hydrogens (tertiary/aromatic N) is 1. The number of amides is 8. The van der Waals surface area contributed by atoms with Gasteiger partial charge in [-0.15, -0.1) is 0 Å². The van der Waals surface area contributed by atoms with Gasteiger partial charge in [0.05, 0.1) is 12.0 Å². The lowest BCUT2D eigenvalue weighted by atomic mass is 10.00. The normalized spacial score (nSPS) is 21.2. The van der Waals surface area contributed by atoms with E-state index in [1.807, 2.05) is 25.1 Å². The Kier molecular flexibility index (Phi) is 21.3. The first-order valence-electron chi connectivity index (χ1n) is 24.5. The molecular formula is C51H65F3N12O8. The summed E-state index contributed by atoms with van der Waals surface area (Å²) < 4.78 is 40.8. The van der Waals surface area contributed by atoms with E-state index in [4.69, 9.17) is 17.2 Å². The zero-order valence-electron chi connectivity index (χ0n) is 41.0. The molecule has 1 aliphatic heterocycles. The van der Waals surface area contributed by atoms with Gasteiger partial charge in [0.1, 0.15) is 36.3 Å². The van der Waals surface area contributed by atoms with Gasteiger partial charge in [0.15, 0.2) is 5.96 Å². The fourth-order valence-electron chi connectivity index (χ4n) is 8.25. The SMILES string of the molecule is CCCCC(=O)NC1CC(=O)NCCCC[C@@H](C(N)=O)NC(=O)[C@H](Cc2c[nH]c3ccccc23)NC(=O)[C@H](CCCN=C(N)N)NC(=O)[C@@H](Cc2ccccc2)NC(=O)C(Cc2ccc(C(F)(F)F)cc2)NC1=O. The van der Waals surface area contributed by atoms with Crippen LogP contribution in [-0.2, 0) is 63.8 Å². The van der Waals surface area contributed by atoms with Crippen LogP contribution in [0.4, 0.5) is 13.2 Å². The maximum Gasteiger partial charge on any atom is 0.416 e. The number of benzene rings is 3. The molecule has 398 valence electrons. The summed E-state index contributed by atoms with van der Waals surface area (Å²) in [7, 11) is 0. The molecule has 1 saturated heterocycles. The van der Waals surface area contributed by atoms with Gasteiger partial charge in [-0.1, -0.05) is 74.0 Å². The summed E-state index contributed by atoms with van der Waals surface area (Å²) in [5, 5.41) is 19.3. The molecule has 4 aromatic rings. The Morgan fingerprint density at radius 3 is 1.91 bits per heavy atom. The van der Waals surface area contributed by atoms with Crippen molar-refractivity contribution in [3.63, 3.8) is 0 Å². The van der Waals surface area contributed by atoms with E-state index in [9.17, 15) is 51.5 Å². The Labute approximate surface area is 425 Å². The minimum atomic E-state index is -4.68. The van der Waals surface area contributed by atoms with Gasteiger partial charge in [0.2, 0.25) is 47.3 Å². The molecule has 0 bridgehead atoms. The van der Waals surface area contributed by atoms with E-state index in [-0.39, 0.29) is 76.0 Å². The number of nitrogens with one attached hydrogen (secondary N) is 8. The summed E-state index contributed by atoms with van der Waals surface area (Å²) in [5.41, 5.74) is 18.0. The molecule has 1 aromatic heterocycles. The monoisotopic (exact) mass is 1030 g/mol. The Hall–Kier alpha value is -7.98. The van der Waals surface area contributed by atoms with Crippen LogP contribution < -0.4 is 54.4 Å². The third-order valence-electron chi connectivity index (χ3n) is 12.3. The van der Waals surface area contributed by atoms with Crippen LogP contribution >= 0.6 is 0 Å². The first-order valence-corrected chi connectivity index (χ1v) is 24.5. The number of halogens is 3. The van der Waals surface area contributed by atoms with Crippen LogP contribution in [0, 0.1) is 0 Å². The van der Waals surface area contributed by atoms with Crippen molar-refractivity contribution < 1.29 is 51.5 Å². The summed E-state index contributed by atoms with van der Waals surface area (Å²) in [6, 6.07) is 10.9. The highest BCUT2D eigenvalue weighted by atomic mass is 19.4. The third kappa shape index (κ3) is 17.9. The molecule has 0 spiro atoms. The lowest BCUT2D eigenvalue weighted by molar-refractivity contribution is -0.137. The van der Waals surface area contributed by atoms with Crippen LogP contribution in [0.3, 0.4) is 0 Å². The van der Waals surface area contributed by atoms with Gasteiger partial charge in [-0.2, -0.15) is 13.2 Å². The average Bonchev–Trinajstić information content (AvgIpc) is 3.77. The highest BCUT2D eigenvalue weighted by Crippen LogP contribution is 2.29. The summed E-state index contributed by atoms with van der Waals surface area (Å²) >= 11 is 0. The Morgan fingerprint density at radius 2 is 1.27 bits per heavy atom. The predicted molar refractivity (Wildman–Crippen MR) is 269 cm³/mol. The number of aliphatic imine (C=N–C) groups is 1. The van der Waals surface area contributed by atoms with E-state index >= 15 is 0 Å². The van der Waals surface area contributed by atoms with Crippen molar-refractivity contribution in [3.05, 3.63) is 107 Å². The van der Waals surface area contributed by atoms with E-state index in [2.05, 4.69) is 47.2 Å². The van der Waals surface area contributed by atoms with Crippen molar-refractivity contribution >= 4 is 64.1 Å². The Morgan fingerprint density at radius 1 is 0.689 bits per heavy atom. The van der Waals surface area contributed by atoms with Gasteiger partial charge in [-0.05, 0) is 73.4 Å². The van der Waals surface area contributed by atoms with E-state index in [0.29, 0.717) is 24.0 Å². The van der Waals surface area contributed by atoms with Crippen molar-refractivity contribution in [2.24, 2.45) is 22.2 Å². The fourth-order valence-corrected chi connectivity index (χ4v) is 8.25. The summed E-state index contributed by atoms with van der Waals surface area (Å²) in [6.45, 7) is 1.91. The quantitative estimate of drug-likeness (QED) is 0.0464. The Balaban J connectivity index is 1.57. The number of alkyl halides is 3. The van der Waals surface area contributed by atoms with E-state index in [1.54, 1.807) is 42.6 Å². The van der Waals surface area contributed by atoms with Crippen LogP contribution in [0.25, 0.3) is 10.9 Å². The number of guanidine groups is 1. The van der Waals surface area contributed by atoms with Gasteiger partial charge in [0, 0.05) is 55.9 Å². The molecule has 14 N–H and O–H groups in total. The molecule has 0 saturated carbocycles. The zero-order chi connectivity index (χ0) is 53.8. The second kappa shape index (κ2) is 27.7. The number of rotatable bonds is 15. The molecule has 8 amide bonds. The zero-order valence-corrected chi connectivity index (χ0v) is 41.0. The first kappa shape index (κ1) is 56.9. The van der Waals surface area contributed by atoms with Gasteiger partial charge < -0.3 is 59.4 Å². The standard InChI is InChI=1S/C51H65F3N12O8/c1-2-3-18-42(67)61-41-28-43(68)58-23-10-9-16-36(44(55)69)62-48(73)40(27-32-29-60-35-15-8-7-14-34(32)35)66-45(70)37(17-11-24-59-50(56)57)63-46(71)38(25-30-12-5-4-6-13-30)64-47(72)39(65-49(41)74)26-31-19-21-33(22-20-31)51(52,53)54/h4-8,12-15,19-22,29,36-41,60H,2-3,9-11,16-18,23-28H2,1H3,(H2,55,69)(H,58,68)(H,61,67)(H,62,73)(H,63,71)(H,64,72)(H,65,74)(H,66,70)(H4,56,57,59)/t36-,37-,38+,39?,40-,41?/m0/s1. The number of fused-ring (bicyclic) bond motifs is 1. The van der Waals surface area contributed by atoms with Crippen LogP contribution in [0.5, 0.6) is 0 Å². The molecule has 0 aliphatic carbocycles. The first-order chi connectivity index (χ1) is 35.3. The minimum absolute atomic E-state index is 0.00228. The van der Waals surface area contributed by atoms with Crippen LogP contribution in [0.1, 0.15) is 87.0 Å². The number of hydrogen-bond acceptors (Lipinski definition) is 9. The number of aromatic nitrogens is 1. The number of H-pyrrole nitrogens is 1. The topological polar surface area (TPSA) is 327 Å². The van der Waals surface area contributed by atoms with Crippen molar-refractivity contribution in [1.29, 1.82) is 0 Å². The van der Waals surface area contributed by atoms with Crippen molar-refractivity contribution in [2.75, 3.05) is 13.1 Å². The molecule has 6 atom stereocenters. The fraction of sp³-hybridized carbons (Fsp3) is 0.431. The van der Waals surface area contributed by atoms with E-state index in [1.165, 1.54) is 0 Å². The number of unbranched alkanes of at least 4 members (excludes halogenated alkanes) is 1. The molecule has 0 radical (unpaired) electrons. The molecule has 20 nitrogen and oxygen atoms in total. The van der Waals surface area contributed by atoms with Crippen LogP contribution in [0.2, 0.25) is 0 Å². The highest BCUT2D eigenvalue weighted by molar-refractivity contribution is 5.98. The van der Waals surface area contributed by atoms with Crippen molar-refractivity contribution in [3.8, 4) is 0 Å². The van der Waals surface area contributed by atoms with Gasteiger partial charge >= 0.3 is 6.18 Å². The van der Waals surface area contributed by atoms with Crippen molar-refractivity contribution in [2.45, 2.75) is 126 Å². The summed E-state index contributed by atoms with van der Waals surface area (Å²) in [5.74, 6) is -6.82. The van der Waals surface area contributed by atoms with Gasteiger partial charge in [0.25, 0.3) is 0 Å². The molecule has 1 fully saturated rings. The van der Waals surface area contributed by atoms with Gasteiger partial charge in [-0.3, -0.25) is 43.3 Å². The number of nitrogens with two attached hydrogens (primary N) is 3. The number of primary amides is 1. The second-order valence-electron chi connectivity index (χ2n) is 18.1. The smallest absolute Gasteiger partial charge is 0.370 e. The molecule has 5 rings (SSSR count). The number of carbonyl (C=O) groups excluding carboxylic acids is 8. The lowest BCUT2D eigenvalue weighted by Gasteiger charge is -2.28. The largest absolute Gasteiger partial charge is 0.416 e. The maximum absolute atomic E-state index is 14.7. The maximum atomic E-state index is 14.7. The molecule has 1 aliphatic rings. The number of carbonyl (C=O) groups is 8. The third-order valence-corrected chi connectivity index (χ3v) is 12.3. The molecule has 23 heteroatoms. The number of hydrogen-bond donors (Lipinski definition) is 11. The molecule has 3 aromatic carbocycles. The molecule has 74 heavy (non-hydrogen) atoms. The molecular weight excluding hydrogens is 966 g/mol. The number of para-hydroxylation sites is 1. The average molecular weight is 1030 g/mol. The van der Waals surface area contributed by atoms with Gasteiger partial charge in [-0.25, -0.2) is 0 Å². The van der Waals surface area contributed by atoms with E-state index in [0.717, 1.165) is 35.2 Å². The highest BCUT2D eigenvalue weighted by Gasteiger charge is 2.35. The van der Waals surface area contributed by atoms with Crippen LogP contribution in [-0.4, -0.2) is 108 Å².